The summed E-state index contributed by atoms with van der Waals surface area (Å²) in [6, 6.07) is 30.5. The van der Waals surface area contributed by atoms with Crippen LogP contribution in [0.25, 0.3) is 43.1 Å². The maximum atomic E-state index is 13.4. The summed E-state index contributed by atoms with van der Waals surface area (Å²) >= 11 is 0. The van der Waals surface area contributed by atoms with E-state index in [1.54, 1.807) is 109 Å². The summed E-state index contributed by atoms with van der Waals surface area (Å²) < 4.78 is 24.7. The van der Waals surface area contributed by atoms with E-state index in [9.17, 15) is 19.0 Å². The summed E-state index contributed by atoms with van der Waals surface area (Å²) in [4.78, 5) is 37.3. The van der Waals surface area contributed by atoms with E-state index in [1.165, 1.54) is 0 Å². The Kier molecular flexibility index (Phi) is 5.49. The molecule has 0 atom stereocenters. The fraction of sp³-hybridized carbons (Fsp3) is 0. The monoisotopic (exact) mass is 506 g/mol. The third-order valence-electron chi connectivity index (χ3n) is 6.29. The van der Waals surface area contributed by atoms with Gasteiger partial charge in [0.1, 0.15) is 11.5 Å². The van der Waals surface area contributed by atoms with Crippen LogP contribution in [0.3, 0.4) is 0 Å². The molecule has 0 fully saturated rings. The molecule has 0 saturated heterocycles. The van der Waals surface area contributed by atoms with Crippen LogP contribution in [-0.4, -0.2) is 4.89 Å². The van der Waals surface area contributed by atoms with Crippen LogP contribution in [0, 0.1) is 0 Å². The summed E-state index contributed by atoms with van der Waals surface area (Å²) in [5.41, 5.74) is -0.435. The zero-order chi connectivity index (χ0) is 25.6. The van der Waals surface area contributed by atoms with Gasteiger partial charge in [-0.15, -0.1) is 0 Å². The van der Waals surface area contributed by atoms with Gasteiger partial charge < -0.3 is 9.05 Å². The minimum absolute atomic E-state index is 0.0266. The first-order chi connectivity index (χ1) is 17.9. The molecule has 6 aromatic rings. The summed E-state index contributed by atoms with van der Waals surface area (Å²) in [5.74, 6) is 0.0532. The Labute approximate surface area is 210 Å². The van der Waals surface area contributed by atoms with Crippen molar-refractivity contribution in [1.29, 1.82) is 0 Å². The predicted molar refractivity (Wildman–Crippen MR) is 147 cm³/mol. The van der Waals surface area contributed by atoms with Crippen molar-refractivity contribution in [2.45, 2.75) is 0 Å². The van der Waals surface area contributed by atoms with Crippen molar-refractivity contribution in [3.8, 4) is 11.5 Å². The highest BCUT2D eigenvalue weighted by Crippen LogP contribution is 2.47. The summed E-state index contributed by atoms with van der Waals surface area (Å²) in [6.07, 6.45) is 0. The molecule has 180 valence electrons. The molecule has 6 nitrogen and oxygen atoms in total. The van der Waals surface area contributed by atoms with Crippen molar-refractivity contribution in [2.75, 3.05) is 0 Å². The molecule has 0 unspecified atom stereocenters. The highest BCUT2D eigenvalue weighted by molar-refractivity contribution is 7.48. The molecule has 0 radical (unpaired) electrons. The van der Waals surface area contributed by atoms with Crippen LogP contribution >= 0.6 is 7.82 Å². The standard InChI is InChI=1S/C30H19O6P/c31-29-21-11-3-1-9-19(21)17-27(23-13-5-7-15-25(23)29)35-37(33,34)36-28-18-20-10-2-4-12-22(20)30(32)26-16-8-6-14-24(26)28/h1-18H,(H,33,34). The van der Waals surface area contributed by atoms with Gasteiger partial charge in [0.05, 0.1) is 0 Å². The van der Waals surface area contributed by atoms with Gasteiger partial charge in [-0.1, -0.05) is 97.1 Å². The number of benzene rings is 4. The SMILES string of the molecule is O=c1c2ccccc2cc(OP(=O)(O)Oc2cc3ccccc3c(=O)c3ccccc23)c2ccccc12. The Morgan fingerprint density at radius 3 is 1.22 bits per heavy atom. The van der Waals surface area contributed by atoms with Crippen molar-refractivity contribution < 1.29 is 18.5 Å². The van der Waals surface area contributed by atoms with E-state index in [1.807, 2.05) is 0 Å². The van der Waals surface area contributed by atoms with Crippen LogP contribution in [0.15, 0.2) is 119 Å². The first-order valence-electron chi connectivity index (χ1n) is 11.5. The lowest BCUT2D eigenvalue weighted by Crippen LogP contribution is -2.01. The molecule has 0 aliphatic carbocycles. The van der Waals surface area contributed by atoms with E-state index >= 15 is 0 Å². The predicted octanol–water partition coefficient (Wildman–Crippen LogP) is 6.58. The number of hydrogen-bond acceptors (Lipinski definition) is 5. The lowest BCUT2D eigenvalue weighted by Gasteiger charge is -2.15. The zero-order valence-corrected chi connectivity index (χ0v) is 20.2. The van der Waals surface area contributed by atoms with Gasteiger partial charge in [0, 0.05) is 32.3 Å². The van der Waals surface area contributed by atoms with E-state index in [0.29, 0.717) is 43.1 Å². The van der Waals surface area contributed by atoms with Crippen molar-refractivity contribution >= 4 is 50.9 Å². The molecule has 37 heavy (non-hydrogen) atoms. The molecule has 0 aliphatic heterocycles. The van der Waals surface area contributed by atoms with E-state index < -0.39 is 7.82 Å². The van der Waals surface area contributed by atoms with Crippen LogP contribution in [0.4, 0.5) is 0 Å². The first kappa shape index (κ1) is 22.9. The highest BCUT2D eigenvalue weighted by Gasteiger charge is 2.27. The maximum Gasteiger partial charge on any atom is 0.584 e. The Morgan fingerprint density at radius 2 is 0.811 bits per heavy atom. The molecule has 0 bridgehead atoms. The average molecular weight is 506 g/mol. The fourth-order valence-electron chi connectivity index (χ4n) is 4.60. The van der Waals surface area contributed by atoms with Gasteiger partial charge in [-0.25, -0.2) is 4.57 Å². The quantitative estimate of drug-likeness (QED) is 0.272. The van der Waals surface area contributed by atoms with Gasteiger partial charge in [-0.2, -0.15) is 0 Å². The first-order valence-corrected chi connectivity index (χ1v) is 13.0. The lowest BCUT2D eigenvalue weighted by molar-refractivity contribution is 0.293. The molecule has 6 rings (SSSR count). The van der Waals surface area contributed by atoms with Crippen LogP contribution in [0.5, 0.6) is 11.5 Å². The van der Waals surface area contributed by atoms with E-state index in [4.69, 9.17) is 9.05 Å². The number of fused-ring (bicyclic) bond motifs is 4. The topological polar surface area (TPSA) is 89.9 Å². The minimum atomic E-state index is -4.80. The molecule has 7 heteroatoms. The van der Waals surface area contributed by atoms with Crippen molar-refractivity contribution in [3.63, 3.8) is 0 Å². The van der Waals surface area contributed by atoms with Gasteiger partial charge >= 0.3 is 7.82 Å². The summed E-state index contributed by atoms with van der Waals surface area (Å²) in [6.45, 7) is 0. The molecule has 1 N–H and O–H groups in total. The molecular formula is C30H19O6P. The van der Waals surface area contributed by atoms with Crippen LogP contribution in [-0.2, 0) is 4.57 Å². The molecule has 0 aliphatic rings. The fourth-order valence-corrected chi connectivity index (χ4v) is 5.43. The van der Waals surface area contributed by atoms with E-state index in [0.717, 1.165) is 0 Å². The smallest absolute Gasteiger partial charge is 0.395 e. The van der Waals surface area contributed by atoms with E-state index in [-0.39, 0.29) is 22.4 Å². The zero-order valence-electron chi connectivity index (χ0n) is 19.3. The molecule has 6 aromatic carbocycles. The number of rotatable bonds is 4. The summed E-state index contributed by atoms with van der Waals surface area (Å²) in [5, 5.41) is 3.45. The van der Waals surface area contributed by atoms with Crippen molar-refractivity contribution in [3.05, 3.63) is 130 Å². The normalized spacial score (nSPS) is 11.7. The molecular weight excluding hydrogens is 487 g/mol. The molecule has 0 aromatic heterocycles. The number of phosphoric ester groups is 1. The number of phosphoric acid groups is 1. The van der Waals surface area contributed by atoms with Gasteiger partial charge in [-0.3, -0.25) is 14.5 Å². The van der Waals surface area contributed by atoms with Gasteiger partial charge in [0.2, 0.25) is 0 Å². The van der Waals surface area contributed by atoms with Gasteiger partial charge in [0.15, 0.2) is 10.9 Å². The van der Waals surface area contributed by atoms with Gasteiger partial charge in [0.25, 0.3) is 0 Å². The molecule has 0 saturated carbocycles. The molecule has 0 spiro atoms. The second-order valence-electron chi connectivity index (χ2n) is 8.59. The van der Waals surface area contributed by atoms with Crippen LogP contribution in [0.1, 0.15) is 0 Å². The third-order valence-corrected chi connectivity index (χ3v) is 7.14. The Morgan fingerprint density at radius 1 is 0.486 bits per heavy atom. The molecule has 0 amide bonds. The number of hydrogen-bond donors (Lipinski definition) is 1. The molecule has 0 heterocycles. The minimum Gasteiger partial charge on any atom is -0.395 e. The van der Waals surface area contributed by atoms with Crippen molar-refractivity contribution in [1.82, 2.24) is 0 Å². The Bertz CT molecular complexity index is 1890. The van der Waals surface area contributed by atoms with Crippen molar-refractivity contribution in [2.24, 2.45) is 0 Å². The Balaban J connectivity index is 1.54. The van der Waals surface area contributed by atoms with Crippen LogP contribution in [0.2, 0.25) is 0 Å². The van der Waals surface area contributed by atoms with E-state index in [2.05, 4.69) is 0 Å². The lowest BCUT2D eigenvalue weighted by atomic mass is 10.1. The second kappa shape index (κ2) is 8.86. The van der Waals surface area contributed by atoms with Crippen LogP contribution < -0.4 is 19.9 Å². The second-order valence-corrected chi connectivity index (χ2v) is 9.89. The maximum absolute atomic E-state index is 13.4. The van der Waals surface area contributed by atoms with Gasteiger partial charge in [-0.05, 0) is 22.9 Å². The summed E-state index contributed by atoms with van der Waals surface area (Å²) in [7, 11) is -4.80. The Hall–Kier alpha value is -4.51. The highest BCUT2D eigenvalue weighted by atomic mass is 31.2. The average Bonchev–Trinajstić information content (AvgIpc) is 3.10. The largest absolute Gasteiger partial charge is 0.584 e. The third kappa shape index (κ3) is 4.12.